The molecule has 0 aliphatic carbocycles. The molecular weight excluding hydrogens is 248 g/mol. The maximum atomic E-state index is 11.6. The van der Waals surface area contributed by atoms with Crippen LogP contribution >= 0.6 is 11.6 Å². The van der Waals surface area contributed by atoms with E-state index in [1.54, 1.807) is 24.3 Å². The average molecular weight is 267 g/mol. The van der Waals surface area contributed by atoms with E-state index in [0.29, 0.717) is 17.2 Å². The average Bonchev–Trinajstić information content (AvgIpc) is 2.36. The van der Waals surface area contributed by atoms with Gasteiger partial charge in [-0.05, 0) is 37.5 Å². The molecule has 0 fully saturated rings. The molecule has 1 aromatic carbocycles. The van der Waals surface area contributed by atoms with Crippen LogP contribution in [0, 0.1) is 0 Å². The number of benzene rings is 1. The van der Waals surface area contributed by atoms with Gasteiger partial charge in [0, 0.05) is 11.4 Å². The molecule has 98 valence electrons. The fourth-order valence-corrected chi connectivity index (χ4v) is 1.76. The van der Waals surface area contributed by atoms with Gasteiger partial charge in [-0.25, -0.2) is 0 Å². The summed E-state index contributed by atoms with van der Waals surface area (Å²) in [5.41, 5.74) is 0. The van der Waals surface area contributed by atoms with Crippen molar-refractivity contribution < 1.29 is 9.53 Å². The molecule has 0 heterocycles. The zero-order chi connectivity index (χ0) is 13.2. The maximum absolute atomic E-state index is 11.6. The van der Waals surface area contributed by atoms with E-state index in [0.717, 1.165) is 25.7 Å². The molecule has 18 heavy (non-hydrogen) atoms. The first-order chi connectivity index (χ1) is 8.72. The molecule has 0 aromatic heterocycles. The normalized spacial score (nSPS) is 10.1. The lowest BCUT2D eigenvalue weighted by molar-refractivity contribution is -0.121. The first kappa shape index (κ1) is 14.8. The zero-order valence-electron chi connectivity index (χ0n) is 10.5. The van der Waals surface area contributed by atoms with Gasteiger partial charge in [0.1, 0.15) is 12.4 Å². The highest BCUT2D eigenvalue weighted by atomic mass is 35.5. The van der Waals surface area contributed by atoms with Crippen LogP contribution in [0.25, 0.3) is 0 Å². The third kappa shape index (κ3) is 6.45. The van der Waals surface area contributed by atoms with Gasteiger partial charge in [-0.2, -0.15) is 0 Å². The Morgan fingerprint density at radius 2 is 2.17 bits per heavy atom. The second-order valence-electron chi connectivity index (χ2n) is 4.17. The molecule has 0 aliphatic rings. The number of unbranched alkanes of at least 4 members (excludes halogenated alkanes) is 3. The summed E-state index contributed by atoms with van der Waals surface area (Å²) in [6.07, 6.45) is 6.60. The highest BCUT2D eigenvalue weighted by Crippen LogP contribution is 2.17. The van der Waals surface area contributed by atoms with E-state index in [1.807, 2.05) is 6.08 Å². The third-order valence-corrected chi connectivity index (χ3v) is 2.79. The number of halogens is 1. The summed E-state index contributed by atoms with van der Waals surface area (Å²) in [5.74, 6) is 0.774. The molecule has 0 bridgehead atoms. The predicted octanol–water partition coefficient (Wildman–Crippen LogP) is 4.42. The van der Waals surface area contributed by atoms with Crippen LogP contribution in [0.4, 0.5) is 0 Å². The second-order valence-corrected chi connectivity index (χ2v) is 4.61. The van der Waals surface area contributed by atoms with Gasteiger partial charge < -0.3 is 4.74 Å². The number of hydrogen-bond donors (Lipinski definition) is 0. The molecule has 0 N–H and O–H groups in total. The number of hydrogen-bond acceptors (Lipinski definition) is 2. The highest BCUT2D eigenvalue weighted by molar-refractivity contribution is 6.30. The Morgan fingerprint density at radius 1 is 1.33 bits per heavy atom. The van der Waals surface area contributed by atoms with Gasteiger partial charge >= 0.3 is 0 Å². The van der Waals surface area contributed by atoms with Gasteiger partial charge in [-0.3, -0.25) is 4.79 Å². The first-order valence-electron chi connectivity index (χ1n) is 6.23. The van der Waals surface area contributed by atoms with Crippen LogP contribution in [-0.4, -0.2) is 12.4 Å². The summed E-state index contributed by atoms with van der Waals surface area (Å²) in [4.78, 5) is 11.6. The molecule has 0 saturated carbocycles. The van der Waals surface area contributed by atoms with Crippen molar-refractivity contribution in [1.29, 1.82) is 0 Å². The molecule has 0 saturated heterocycles. The van der Waals surface area contributed by atoms with E-state index in [2.05, 4.69) is 6.58 Å². The maximum Gasteiger partial charge on any atom is 0.170 e. The number of allylic oxidation sites excluding steroid dienone is 1. The minimum absolute atomic E-state index is 0.127. The van der Waals surface area contributed by atoms with E-state index in [1.165, 1.54) is 0 Å². The Labute approximate surface area is 114 Å². The van der Waals surface area contributed by atoms with E-state index in [9.17, 15) is 4.79 Å². The van der Waals surface area contributed by atoms with Crippen molar-refractivity contribution in [3.8, 4) is 5.75 Å². The smallest absolute Gasteiger partial charge is 0.170 e. The third-order valence-electron chi connectivity index (χ3n) is 2.56. The summed E-state index contributed by atoms with van der Waals surface area (Å²) in [5, 5.41) is 0.615. The zero-order valence-corrected chi connectivity index (χ0v) is 11.3. The molecule has 0 aliphatic heterocycles. The molecular formula is C15H19ClO2. The van der Waals surface area contributed by atoms with Crippen molar-refractivity contribution in [2.24, 2.45) is 0 Å². The summed E-state index contributed by atoms with van der Waals surface area (Å²) in [7, 11) is 0. The largest absolute Gasteiger partial charge is 0.486 e. The number of carbonyl (C=O) groups excluding carboxylic acids is 1. The number of ether oxygens (including phenoxy) is 1. The van der Waals surface area contributed by atoms with Gasteiger partial charge in [0.2, 0.25) is 0 Å². The van der Waals surface area contributed by atoms with Gasteiger partial charge in [0.05, 0.1) is 0 Å². The minimum Gasteiger partial charge on any atom is -0.486 e. The van der Waals surface area contributed by atoms with Crippen molar-refractivity contribution in [2.75, 3.05) is 6.61 Å². The fourth-order valence-electron chi connectivity index (χ4n) is 1.58. The van der Waals surface area contributed by atoms with Crippen molar-refractivity contribution in [1.82, 2.24) is 0 Å². The van der Waals surface area contributed by atoms with Crippen LogP contribution in [0.2, 0.25) is 5.02 Å². The van der Waals surface area contributed by atoms with Crippen molar-refractivity contribution >= 4 is 17.4 Å². The molecule has 0 unspecified atom stereocenters. The molecule has 0 radical (unpaired) electrons. The summed E-state index contributed by atoms with van der Waals surface area (Å²) in [6.45, 7) is 3.79. The Kier molecular flexibility index (Phi) is 7.19. The van der Waals surface area contributed by atoms with Crippen molar-refractivity contribution in [2.45, 2.75) is 32.1 Å². The number of Topliss-reactive ketones (excluding diaryl/α,β-unsaturated/α-hetero) is 1. The molecule has 0 amide bonds. The Morgan fingerprint density at radius 3 is 2.89 bits per heavy atom. The van der Waals surface area contributed by atoms with Gasteiger partial charge in [-0.1, -0.05) is 30.2 Å². The van der Waals surface area contributed by atoms with Gasteiger partial charge in [-0.15, -0.1) is 6.58 Å². The lowest BCUT2D eigenvalue weighted by Gasteiger charge is -2.05. The molecule has 0 spiro atoms. The lowest BCUT2D eigenvalue weighted by atomic mass is 10.1. The highest BCUT2D eigenvalue weighted by Gasteiger charge is 2.03. The number of rotatable bonds is 9. The van der Waals surface area contributed by atoms with Gasteiger partial charge in [0.15, 0.2) is 5.78 Å². The van der Waals surface area contributed by atoms with Crippen LogP contribution in [0.5, 0.6) is 5.75 Å². The van der Waals surface area contributed by atoms with E-state index in [-0.39, 0.29) is 12.4 Å². The lowest BCUT2D eigenvalue weighted by Crippen LogP contribution is -2.10. The number of ketones is 1. The molecule has 1 rings (SSSR count). The Hall–Kier alpha value is -1.28. The Balaban J connectivity index is 2.15. The first-order valence-corrected chi connectivity index (χ1v) is 6.61. The van der Waals surface area contributed by atoms with Crippen LogP contribution < -0.4 is 4.74 Å². The quantitative estimate of drug-likeness (QED) is 0.488. The predicted molar refractivity (Wildman–Crippen MR) is 75.2 cm³/mol. The standard InChI is InChI=1S/C15H19ClO2/c1-2-3-4-5-6-9-14(17)12-18-15-10-7-8-13(16)11-15/h2,7-8,10-11H,1,3-6,9,12H2. The Bertz CT molecular complexity index is 388. The molecule has 0 atom stereocenters. The summed E-state index contributed by atoms with van der Waals surface area (Å²) < 4.78 is 5.38. The van der Waals surface area contributed by atoms with Crippen molar-refractivity contribution in [3.05, 3.63) is 41.9 Å². The van der Waals surface area contributed by atoms with Gasteiger partial charge in [0.25, 0.3) is 0 Å². The second kappa shape index (κ2) is 8.76. The van der Waals surface area contributed by atoms with Crippen LogP contribution in [0.1, 0.15) is 32.1 Å². The molecule has 2 nitrogen and oxygen atoms in total. The van der Waals surface area contributed by atoms with Crippen LogP contribution in [0.15, 0.2) is 36.9 Å². The topological polar surface area (TPSA) is 26.3 Å². The summed E-state index contributed by atoms with van der Waals surface area (Å²) in [6, 6.07) is 7.08. The SMILES string of the molecule is C=CCCCCCC(=O)COc1cccc(Cl)c1. The van der Waals surface area contributed by atoms with E-state index in [4.69, 9.17) is 16.3 Å². The fraction of sp³-hybridized carbons (Fsp3) is 0.400. The van der Waals surface area contributed by atoms with E-state index < -0.39 is 0 Å². The van der Waals surface area contributed by atoms with Crippen LogP contribution in [0.3, 0.4) is 0 Å². The minimum atomic E-state index is 0.127. The van der Waals surface area contributed by atoms with E-state index >= 15 is 0 Å². The van der Waals surface area contributed by atoms with Crippen LogP contribution in [-0.2, 0) is 4.79 Å². The molecule has 1 aromatic rings. The van der Waals surface area contributed by atoms with Crippen molar-refractivity contribution in [3.63, 3.8) is 0 Å². The monoisotopic (exact) mass is 266 g/mol. The molecule has 3 heteroatoms. The number of carbonyl (C=O) groups is 1. The summed E-state index contributed by atoms with van der Waals surface area (Å²) >= 11 is 5.82.